The van der Waals surface area contributed by atoms with Gasteiger partial charge in [0.25, 0.3) is 0 Å². The third-order valence-electron chi connectivity index (χ3n) is 6.45. The van der Waals surface area contributed by atoms with Crippen LogP contribution in [0.5, 0.6) is 0 Å². The van der Waals surface area contributed by atoms with Crippen molar-refractivity contribution in [1.82, 2.24) is 0 Å². The van der Waals surface area contributed by atoms with Crippen LogP contribution in [-0.4, -0.2) is 0 Å². The summed E-state index contributed by atoms with van der Waals surface area (Å²) in [5.74, 6) is 0. The zero-order valence-electron chi connectivity index (χ0n) is 39.7. The molecule has 0 N–H and O–H groups in total. The second kappa shape index (κ2) is 8.72. The maximum atomic E-state index is 9.18. The SMILES string of the molecule is [2H]c1c([2H])c([2H])c(-c2c3c([2H])c([2H])c([2H])c([2H])c3c(-c3cccc(-c4c([2H])c([2H])c5c(oc6c([2H])c([2H])c([2H])c([2H])c65)c4[2H])c3)c3c([2H])c([2H])c([2H])c([2H])c23)c([2H])c1[2H]. The molecule has 0 aliphatic heterocycles. The van der Waals surface area contributed by atoms with E-state index in [4.69, 9.17) is 27.7 Å². The minimum atomic E-state index is -0.800. The molecular formula is C38H24O. The van der Waals surface area contributed by atoms with Crippen molar-refractivity contribution in [3.05, 3.63) is 145 Å². The quantitative estimate of drug-likeness (QED) is 0.213. The Labute approximate surface area is 254 Å². The number of hydrogen-bond donors (Lipinski definition) is 0. The monoisotopic (exact) mass is 516 g/mol. The molecule has 0 saturated carbocycles. The summed E-state index contributed by atoms with van der Waals surface area (Å²) in [5, 5.41) is -1.85. The third kappa shape index (κ3) is 3.48. The van der Waals surface area contributed by atoms with Gasteiger partial charge in [-0.05, 0) is 79.1 Å². The number of benzene rings is 7. The van der Waals surface area contributed by atoms with Crippen molar-refractivity contribution in [2.24, 2.45) is 0 Å². The Balaban J connectivity index is 1.58. The molecule has 0 unspecified atom stereocenters. The van der Waals surface area contributed by atoms with Gasteiger partial charge in [-0.2, -0.15) is 0 Å². The van der Waals surface area contributed by atoms with E-state index in [1.165, 1.54) is 24.3 Å². The van der Waals surface area contributed by atoms with E-state index in [1.54, 1.807) is 0 Å². The van der Waals surface area contributed by atoms with Crippen LogP contribution in [0, 0.1) is 0 Å². The molecule has 1 heteroatoms. The molecule has 1 heterocycles. The molecule has 1 nitrogen and oxygen atoms in total. The molecule has 7 aromatic carbocycles. The van der Waals surface area contributed by atoms with Gasteiger partial charge in [-0.3, -0.25) is 0 Å². The van der Waals surface area contributed by atoms with Crippen LogP contribution in [0.1, 0.15) is 27.4 Å². The molecule has 8 aromatic rings. The molecule has 0 bridgehead atoms. The number of para-hydroxylation sites is 1. The first kappa shape index (κ1) is 9.87. The predicted octanol–water partition coefficient (Wildman–Crippen LogP) is 10.9. The van der Waals surface area contributed by atoms with E-state index in [2.05, 4.69) is 0 Å². The fourth-order valence-electron chi connectivity index (χ4n) is 4.81. The van der Waals surface area contributed by atoms with Crippen molar-refractivity contribution in [3.8, 4) is 33.4 Å². The Morgan fingerprint density at radius 3 is 1.64 bits per heavy atom. The molecule has 8 rings (SSSR count). The van der Waals surface area contributed by atoms with Crippen molar-refractivity contribution < 1.29 is 31.8 Å². The lowest BCUT2D eigenvalue weighted by atomic mass is 9.85. The van der Waals surface area contributed by atoms with Gasteiger partial charge in [0.15, 0.2) is 0 Å². The molecule has 182 valence electrons. The lowest BCUT2D eigenvalue weighted by Gasteiger charge is -2.18. The Kier molecular flexibility index (Phi) is 2.21. The molecule has 0 saturated heterocycles. The highest BCUT2D eigenvalue weighted by Gasteiger charge is 2.17. The van der Waals surface area contributed by atoms with Crippen LogP contribution >= 0.6 is 0 Å². The van der Waals surface area contributed by atoms with Gasteiger partial charge in [0, 0.05) is 10.8 Å². The first-order valence-electron chi connectivity index (χ1n) is 21.7. The van der Waals surface area contributed by atoms with E-state index in [-0.39, 0.29) is 55.0 Å². The standard InChI is InChI=1S/C38H24O/c1-2-11-25(12-3-1)37-31-16-4-6-18-33(31)38(34-19-7-5-17-32(34)37)28-14-10-13-26(23-28)27-21-22-30-29-15-8-9-20-35(29)39-36(30)24-27/h1-24H/i1D,2D,3D,4D,5D,6D,7D,8D,9D,11D,12D,15D,16D,17D,18D,19D,20D,21D,22D,24D. The maximum absolute atomic E-state index is 9.18. The Bertz CT molecular complexity index is 3170. The number of fused-ring (bicyclic) bond motifs is 5. The molecule has 0 atom stereocenters. The summed E-state index contributed by atoms with van der Waals surface area (Å²) in [7, 11) is 0. The van der Waals surface area contributed by atoms with E-state index >= 15 is 0 Å². The topological polar surface area (TPSA) is 13.1 Å². The van der Waals surface area contributed by atoms with Gasteiger partial charge in [-0.25, -0.2) is 0 Å². The van der Waals surface area contributed by atoms with Crippen molar-refractivity contribution >= 4 is 43.5 Å². The van der Waals surface area contributed by atoms with Crippen LogP contribution in [0.25, 0.3) is 76.9 Å². The molecule has 0 aliphatic rings. The second-order valence-electron chi connectivity index (χ2n) is 8.59. The van der Waals surface area contributed by atoms with Gasteiger partial charge in [0.2, 0.25) is 0 Å². The van der Waals surface area contributed by atoms with E-state index in [0.29, 0.717) is 0 Å². The van der Waals surface area contributed by atoms with Crippen molar-refractivity contribution in [1.29, 1.82) is 0 Å². The average molecular weight is 517 g/mol. The van der Waals surface area contributed by atoms with Crippen LogP contribution < -0.4 is 0 Å². The van der Waals surface area contributed by atoms with Crippen molar-refractivity contribution in [3.63, 3.8) is 0 Å². The molecular weight excluding hydrogens is 472 g/mol. The molecule has 1 aromatic heterocycles. The minimum Gasteiger partial charge on any atom is -0.456 e. The van der Waals surface area contributed by atoms with Gasteiger partial charge in [0.1, 0.15) is 11.2 Å². The predicted molar refractivity (Wildman–Crippen MR) is 165 cm³/mol. The number of hydrogen-bond acceptors (Lipinski definition) is 1. The molecule has 0 spiro atoms. The average Bonchev–Trinajstić information content (AvgIpc) is 3.63. The van der Waals surface area contributed by atoms with Crippen LogP contribution in [0.2, 0.25) is 0 Å². The number of furan rings is 1. The summed E-state index contributed by atoms with van der Waals surface area (Å²) in [6.07, 6.45) is 0. The third-order valence-corrected chi connectivity index (χ3v) is 6.45. The first-order chi connectivity index (χ1) is 27.7. The normalized spacial score (nSPS) is 18.8. The second-order valence-corrected chi connectivity index (χ2v) is 8.59. The smallest absolute Gasteiger partial charge is 0.136 e. The summed E-state index contributed by atoms with van der Waals surface area (Å²) in [6, 6.07) is -7.98. The largest absolute Gasteiger partial charge is 0.456 e. The fraction of sp³-hybridized carbons (Fsp3) is 0. The summed E-state index contributed by atoms with van der Waals surface area (Å²) in [4.78, 5) is 0. The Morgan fingerprint density at radius 1 is 0.410 bits per heavy atom. The summed E-state index contributed by atoms with van der Waals surface area (Å²) in [6.45, 7) is 0. The van der Waals surface area contributed by atoms with Crippen LogP contribution in [0.4, 0.5) is 0 Å². The highest BCUT2D eigenvalue weighted by Crippen LogP contribution is 2.44. The van der Waals surface area contributed by atoms with Crippen molar-refractivity contribution in [2.75, 3.05) is 0 Å². The first-order valence-corrected chi connectivity index (χ1v) is 11.7. The molecule has 39 heavy (non-hydrogen) atoms. The molecule has 0 amide bonds. The van der Waals surface area contributed by atoms with E-state index in [0.717, 1.165) is 0 Å². The fourth-order valence-corrected chi connectivity index (χ4v) is 4.81. The van der Waals surface area contributed by atoms with Crippen molar-refractivity contribution in [2.45, 2.75) is 0 Å². The highest BCUT2D eigenvalue weighted by atomic mass is 16.3. The lowest BCUT2D eigenvalue weighted by molar-refractivity contribution is 0.669. The van der Waals surface area contributed by atoms with Gasteiger partial charge in [-0.15, -0.1) is 0 Å². The maximum Gasteiger partial charge on any atom is 0.136 e. The minimum absolute atomic E-state index is 0.0368. The zero-order chi connectivity index (χ0) is 43.2. The van der Waals surface area contributed by atoms with Gasteiger partial charge < -0.3 is 4.42 Å². The molecule has 0 radical (unpaired) electrons. The van der Waals surface area contributed by atoms with E-state index < -0.39 is 143 Å². The Hall–Kier alpha value is -5.14. The summed E-state index contributed by atoms with van der Waals surface area (Å²) >= 11 is 0. The van der Waals surface area contributed by atoms with Gasteiger partial charge in [0.05, 0.1) is 27.4 Å². The summed E-state index contributed by atoms with van der Waals surface area (Å²) < 4.78 is 180. The van der Waals surface area contributed by atoms with Crippen LogP contribution in [0.15, 0.2) is 150 Å². The van der Waals surface area contributed by atoms with Gasteiger partial charge in [-0.1, -0.05) is 121 Å². The number of rotatable bonds is 3. The van der Waals surface area contributed by atoms with Crippen LogP contribution in [-0.2, 0) is 0 Å². The lowest BCUT2D eigenvalue weighted by Crippen LogP contribution is -1.91. The summed E-state index contributed by atoms with van der Waals surface area (Å²) in [5.41, 5.74) is -1.93. The Morgan fingerprint density at radius 2 is 0.949 bits per heavy atom. The van der Waals surface area contributed by atoms with E-state index in [1.807, 2.05) is 0 Å². The van der Waals surface area contributed by atoms with E-state index in [9.17, 15) is 4.11 Å². The molecule has 0 aliphatic carbocycles. The zero-order valence-corrected chi connectivity index (χ0v) is 19.7. The van der Waals surface area contributed by atoms with Crippen LogP contribution in [0.3, 0.4) is 0 Å². The molecule has 0 fully saturated rings. The van der Waals surface area contributed by atoms with Gasteiger partial charge >= 0.3 is 0 Å². The highest BCUT2D eigenvalue weighted by molar-refractivity contribution is 6.21.